The number of nitrogens with one attached hydrogen (secondary N) is 1. The first kappa shape index (κ1) is 14.3. The lowest BCUT2D eigenvalue weighted by atomic mass is 9.75. The number of hydrogen-bond donors (Lipinski definition) is 2. The third-order valence-electron chi connectivity index (χ3n) is 4.28. The number of rotatable bonds is 3. The van der Waals surface area contributed by atoms with Gasteiger partial charge in [-0.3, -0.25) is 0 Å². The van der Waals surface area contributed by atoms with Crippen LogP contribution in [0.25, 0.3) is 0 Å². The molecule has 0 aliphatic heterocycles. The van der Waals surface area contributed by atoms with Gasteiger partial charge in [-0.05, 0) is 44.1 Å². The van der Waals surface area contributed by atoms with E-state index in [0.717, 1.165) is 12.8 Å². The van der Waals surface area contributed by atoms with E-state index in [0.29, 0.717) is 17.0 Å². The lowest BCUT2D eigenvalue weighted by molar-refractivity contribution is 0.199. The summed E-state index contributed by atoms with van der Waals surface area (Å²) >= 11 is 0. The van der Waals surface area contributed by atoms with Crippen LogP contribution < -0.4 is 5.32 Å². The molecule has 1 aromatic carbocycles. The molecule has 3 heteroatoms. The van der Waals surface area contributed by atoms with Gasteiger partial charge < -0.3 is 10.4 Å². The molecule has 2 N–H and O–H groups in total. The molecule has 1 fully saturated rings. The van der Waals surface area contributed by atoms with Gasteiger partial charge in [0.2, 0.25) is 0 Å². The molecular weight excluding hydrogens is 241 g/mol. The first-order chi connectivity index (χ1) is 8.87. The third-order valence-corrected chi connectivity index (χ3v) is 4.28. The minimum Gasteiger partial charge on any atom is -0.508 e. The first-order valence-electron chi connectivity index (χ1n) is 7.12. The fraction of sp³-hybridized carbons (Fsp3) is 0.625. The molecule has 0 saturated heterocycles. The van der Waals surface area contributed by atoms with Crippen LogP contribution in [-0.2, 0) is 0 Å². The summed E-state index contributed by atoms with van der Waals surface area (Å²) in [7, 11) is 0. The van der Waals surface area contributed by atoms with Gasteiger partial charge in [0.1, 0.15) is 11.6 Å². The van der Waals surface area contributed by atoms with Crippen molar-refractivity contribution in [2.75, 3.05) is 0 Å². The molecule has 0 bridgehead atoms. The molecule has 0 radical (unpaired) electrons. The predicted molar refractivity (Wildman–Crippen MR) is 75.7 cm³/mol. The largest absolute Gasteiger partial charge is 0.508 e. The van der Waals surface area contributed by atoms with Crippen molar-refractivity contribution in [1.82, 2.24) is 5.32 Å². The minimum atomic E-state index is -0.337. The Morgan fingerprint density at radius 3 is 2.53 bits per heavy atom. The van der Waals surface area contributed by atoms with Crippen molar-refractivity contribution in [3.8, 4) is 5.75 Å². The Labute approximate surface area is 115 Å². The highest BCUT2D eigenvalue weighted by molar-refractivity contribution is 5.29. The van der Waals surface area contributed by atoms with Crippen LogP contribution in [0.4, 0.5) is 4.39 Å². The van der Waals surface area contributed by atoms with Gasteiger partial charge in [-0.2, -0.15) is 0 Å². The monoisotopic (exact) mass is 265 g/mol. The van der Waals surface area contributed by atoms with E-state index in [2.05, 4.69) is 19.2 Å². The molecule has 2 nitrogen and oxygen atoms in total. The van der Waals surface area contributed by atoms with Gasteiger partial charge in [0.15, 0.2) is 0 Å². The van der Waals surface area contributed by atoms with Gasteiger partial charge in [0.25, 0.3) is 0 Å². The fourth-order valence-corrected chi connectivity index (χ4v) is 2.88. The number of benzene rings is 1. The quantitative estimate of drug-likeness (QED) is 0.860. The van der Waals surface area contributed by atoms with Crippen LogP contribution >= 0.6 is 0 Å². The Kier molecular flexibility index (Phi) is 4.14. The van der Waals surface area contributed by atoms with Crippen molar-refractivity contribution in [2.24, 2.45) is 5.41 Å². The molecule has 1 unspecified atom stereocenters. The van der Waals surface area contributed by atoms with Gasteiger partial charge in [0.05, 0.1) is 0 Å². The number of phenolic OH excluding ortho intramolecular Hbond substituents is 1. The van der Waals surface area contributed by atoms with E-state index in [4.69, 9.17) is 0 Å². The van der Waals surface area contributed by atoms with Crippen LogP contribution in [0.2, 0.25) is 0 Å². The minimum absolute atomic E-state index is 0.0205. The summed E-state index contributed by atoms with van der Waals surface area (Å²) in [4.78, 5) is 0. The van der Waals surface area contributed by atoms with Gasteiger partial charge in [-0.15, -0.1) is 0 Å². The summed E-state index contributed by atoms with van der Waals surface area (Å²) in [6, 6.07) is 4.83. The van der Waals surface area contributed by atoms with Gasteiger partial charge in [0, 0.05) is 23.7 Å². The second-order valence-corrected chi connectivity index (χ2v) is 6.53. The Balaban J connectivity index is 1.96. The molecule has 1 aliphatic carbocycles. The standard InChI is InChI=1S/C16H24FNO/c1-11(14-5-4-13(19)10-15(14)17)18-12-6-8-16(2,3)9-7-12/h4-5,10-12,18-19H,6-9H2,1-3H3. The molecule has 0 spiro atoms. The van der Waals surface area contributed by atoms with Crippen molar-refractivity contribution in [3.63, 3.8) is 0 Å². The van der Waals surface area contributed by atoms with Crippen molar-refractivity contribution in [2.45, 2.75) is 58.5 Å². The molecule has 1 aromatic rings. The maximum atomic E-state index is 13.8. The van der Waals surface area contributed by atoms with E-state index in [1.807, 2.05) is 6.92 Å². The Morgan fingerprint density at radius 2 is 1.95 bits per heavy atom. The number of aromatic hydroxyl groups is 1. The molecule has 1 aliphatic rings. The lowest BCUT2D eigenvalue weighted by Crippen LogP contribution is -2.37. The zero-order valence-electron chi connectivity index (χ0n) is 12.0. The zero-order chi connectivity index (χ0) is 14.0. The van der Waals surface area contributed by atoms with Gasteiger partial charge in [-0.1, -0.05) is 19.9 Å². The van der Waals surface area contributed by atoms with Crippen LogP contribution in [0.3, 0.4) is 0 Å². The van der Waals surface area contributed by atoms with E-state index >= 15 is 0 Å². The molecular formula is C16H24FNO. The number of hydrogen-bond acceptors (Lipinski definition) is 2. The van der Waals surface area contributed by atoms with Crippen LogP contribution in [-0.4, -0.2) is 11.1 Å². The second-order valence-electron chi connectivity index (χ2n) is 6.53. The second kappa shape index (κ2) is 5.49. The lowest BCUT2D eigenvalue weighted by Gasteiger charge is -2.36. The van der Waals surface area contributed by atoms with Crippen molar-refractivity contribution < 1.29 is 9.50 Å². The molecule has 106 valence electrons. The number of halogens is 1. The average molecular weight is 265 g/mol. The van der Waals surface area contributed by atoms with Crippen molar-refractivity contribution in [3.05, 3.63) is 29.6 Å². The fourth-order valence-electron chi connectivity index (χ4n) is 2.88. The smallest absolute Gasteiger partial charge is 0.131 e. The van der Waals surface area contributed by atoms with Gasteiger partial charge >= 0.3 is 0 Å². The molecule has 0 aromatic heterocycles. The maximum Gasteiger partial charge on any atom is 0.131 e. The van der Waals surface area contributed by atoms with E-state index in [9.17, 15) is 9.50 Å². The summed E-state index contributed by atoms with van der Waals surface area (Å²) in [5.74, 6) is -0.357. The Morgan fingerprint density at radius 1 is 1.32 bits per heavy atom. The van der Waals surface area contributed by atoms with Crippen LogP contribution in [0, 0.1) is 11.2 Å². The van der Waals surface area contributed by atoms with E-state index in [1.165, 1.54) is 18.9 Å². The molecule has 1 saturated carbocycles. The van der Waals surface area contributed by atoms with Gasteiger partial charge in [-0.25, -0.2) is 4.39 Å². The predicted octanol–water partition coefficient (Wildman–Crippen LogP) is 4.15. The van der Waals surface area contributed by atoms with E-state index in [-0.39, 0.29) is 17.6 Å². The molecule has 0 heterocycles. The van der Waals surface area contributed by atoms with E-state index in [1.54, 1.807) is 12.1 Å². The first-order valence-corrected chi connectivity index (χ1v) is 7.12. The van der Waals surface area contributed by atoms with Crippen LogP contribution in [0.5, 0.6) is 5.75 Å². The summed E-state index contributed by atoms with van der Waals surface area (Å²) in [5, 5.41) is 12.7. The Hall–Kier alpha value is -1.09. The van der Waals surface area contributed by atoms with E-state index < -0.39 is 0 Å². The molecule has 2 rings (SSSR count). The number of phenols is 1. The summed E-state index contributed by atoms with van der Waals surface area (Å²) in [5.41, 5.74) is 1.08. The van der Waals surface area contributed by atoms with Crippen molar-refractivity contribution in [1.29, 1.82) is 0 Å². The summed E-state index contributed by atoms with van der Waals surface area (Å²) < 4.78 is 13.8. The topological polar surface area (TPSA) is 32.3 Å². The van der Waals surface area contributed by atoms with Crippen molar-refractivity contribution >= 4 is 0 Å². The Bertz CT molecular complexity index is 434. The normalized spacial score (nSPS) is 21.3. The highest BCUT2D eigenvalue weighted by atomic mass is 19.1. The maximum absolute atomic E-state index is 13.8. The summed E-state index contributed by atoms with van der Waals surface area (Å²) in [6.45, 7) is 6.60. The SMILES string of the molecule is CC(NC1CCC(C)(C)CC1)c1ccc(O)cc1F. The molecule has 1 atom stereocenters. The highest BCUT2D eigenvalue weighted by Crippen LogP contribution is 2.35. The highest BCUT2D eigenvalue weighted by Gasteiger charge is 2.27. The summed E-state index contributed by atoms with van der Waals surface area (Å²) in [6.07, 6.45) is 4.74. The van der Waals surface area contributed by atoms with Crippen LogP contribution in [0.1, 0.15) is 58.1 Å². The zero-order valence-corrected chi connectivity index (χ0v) is 12.0. The third kappa shape index (κ3) is 3.69. The van der Waals surface area contributed by atoms with Crippen LogP contribution in [0.15, 0.2) is 18.2 Å². The molecule has 19 heavy (non-hydrogen) atoms. The molecule has 0 amide bonds. The average Bonchev–Trinajstić information content (AvgIpc) is 2.31.